The van der Waals surface area contributed by atoms with Gasteiger partial charge in [-0.1, -0.05) is 6.07 Å². The van der Waals surface area contributed by atoms with Gasteiger partial charge < -0.3 is 4.42 Å². The van der Waals surface area contributed by atoms with Crippen LogP contribution in [0.2, 0.25) is 0 Å². The van der Waals surface area contributed by atoms with E-state index in [0.29, 0.717) is 11.1 Å². The maximum absolute atomic E-state index is 12.4. The Bertz CT molecular complexity index is 923. The van der Waals surface area contributed by atoms with Crippen molar-refractivity contribution in [2.24, 2.45) is 0 Å². The molecule has 5 heteroatoms. The number of rotatable bonds is 2. The van der Waals surface area contributed by atoms with E-state index in [-0.39, 0.29) is 0 Å². The summed E-state index contributed by atoms with van der Waals surface area (Å²) >= 11 is 0. The average molecular weight is 315 g/mol. The summed E-state index contributed by atoms with van der Waals surface area (Å²) in [7, 11) is 3.48. The van der Waals surface area contributed by atoms with Crippen LogP contribution < -0.4 is 15.2 Å². The van der Waals surface area contributed by atoms with Crippen molar-refractivity contribution < 1.29 is 13.5 Å². The van der Waals surface area contributed by atoms with E-state index in [1.807, 2.05) is 62.0 Å². The van der Waals surface area contributed by atoms with Gasteiger partial charge in [0.1, 0.15) is 25.4 Å². The molecule has 0 bridgehead atoms. The summed E-state index contributed by atoms with van der Waals surface area (Å²) in [5, 5.41) is 2.56. The van der Waals surface area contributed by atoms with E-state index < -0.39 is 8.03 Å². The summed E-state index contributed by atoms with van der Waals surface area (Å²) in [6.45, 7) is 2.01. The van der Waals surface area contributed by atoms with E-state index in [1.165, 1.54) is 7.11 Å². The first kappa shape index (κ1) is 14.9. The topological polar surface area (TPSA) is 42.5 Å². The molecule has 0 fully saturated rings. The van der Waals surface area contributed by atoms with E-state index in [2.05, 4.69) is 0 Å². The third kappa shape index (κ3) is 2.45. The zero-order valence-corrected chi connectivity index (χ0v) is 14.0. The molecule has 0 saturated heterocycles. The number of fused-ring (bicyclic) bond motifs is 2. The largest absolute Gasteiger partial charge is 0.550 e. The zero-order chi connectivity index (χ0) is 15.9. The van der Waals surface area contributed by atoms with Gasteiger partial charge in [-0.2, -0.15) is 0 Å². The minimum absolute atomic E-state index is 0.694. The van der Waals surface area contributed by atoms with Gasteiger partial charge in [-0.25, -0.2) is 4.58 Å². The lowest BCUT2D eigenvalue weighted by Gasteiger charge is -2.08. The molecule has 1 aliphatic carbocycles. The number of hydrogen-bond donors (Lipinski definition) is 0. The average Bonchev–Trinajstić information content (AvgIpc) is 2.51. The van der Waals surface area contributed by atoms with Gasteiger partial charge in [0.15, 0.2) is 0 Å². The molecule has 1 aromatic rings. The highest BCUT2D eigenvalue weighted by atomic mass is 31.1. The van der Waals surface area contributed by atoms with Crippen LogP contribution in [0.5, 0.6) is 0 Å². The first-order valence-electron chi connectivity index (χ1n) is 7.00. The predicted molar refractivity (Wildman–Crippen MR) is 88.9 cm³/mol. The minimum Gasteiger partial charge on any atom is -0.455 e. The van der Waals surface area contributed by atoms with Crippen LogP contribution in [0.3, 0.4) is 0 Å². The molecule has 1 heterocycles. The minimum atomic E-state index is -1.93. The molecule has 2 aliphatic rings. The first-order chi connectivity index (χ1) is 10.5. The van der Waals surface area contributed by atoms with Gasteiger partial charge in [0.2, 0.25) is 10.7 Å². The highest BCUT2D eigenvalue weighted by Crippen LogP contribution is 2.34. The third-order valence-electron chi connectivity index (χ3n) is 3.70. The summed E-state index contributed by atoms with van der Waals surface area (Å²) in [5.74, 6) is 0.708. The van der Waals surface area contributed by atoms with Crippen LogP contribution in [0, 0.1) is 6.92 Å². The second kappa shape index (κ2) is 5.64. The molecule has 1 atom stereocenters. The van der Waals surface area contributed by atoms with Gasteiger partial charge in [0.05, 0.1) is 24.1 Å². The smallest absolute Gasteiger partial charge is 0.455 e. The van der Waals surface area contributed by atoms with E-state index in [1.54, 1.807) is 0 Å². The molecule has 22 heavy (non-hydrogen) atoms. The van der Waals surface area contributed by atoms with Crippen molar-refractivity contribution in [1.29, 1.82) is 0 Å². The highest BCUT2D eigenvalue weighted by molar-refractivity contribution is 7.49. The third-order valence-corrected chi connectivity index (χ3v) is 4.88. The second-order valence-electron chi connectivity index (χ2n) is 5.46. The highest BCUT2D eigenvalue weighted by Gasteiger charge is 2.31. The molecule has 112 valence electrons. The number of benzene rings is 2. The van der Waals surface area contributed by atoms with Crippen molar-refractivity contribution >= 4 is 24.3 Å². The Morgan fingerprint density at radius 1 is 1.14 bits per heavy atom. The van der Waals surface area contributed by atoms with Crippen LogP contribution in [0.25, 0.3) is 22.3 Å². The second-order valence-corrected chi connectivity index (χ2v) is 6.79. The monoisotopic (exact) mass is 315 g/mol. The molecule has 0 N–H and O–H groups in total. The van der Waals surface area contributed by atoms with E-state index in [9.17, 15) is 4.57 Å². The zero-order valence-electron chi connectivity index (χ0n) is 13.1. The Balaban J connectivity index is 2.50. The van der Waals surface area contributed by atoms with Gasteiger partial charge >= 0.3 is 8.03 Å². The van der Waals surface area contributed by atoms with Crippen molar-refractivity contribution in [1.82, 2.24) is 4.58 Å². The van der Waals surface area contributed by atoms with Crippen molar-refractivity contribution in [2.75, 3.05) is 21.2 Å². The normalized spacial score (nSPS) is 11.9. The van der Waals surface area contributed by atoms with Crippen molar-refractivity contribution in [3.63, 3.8) is 0 Å². The van der Waals surface area contributed by atoms with Crippen LogP contribution in [0.1, 0.15) is 5.56 Å². The van der Waals surface area contributed by atoms with E-state index in [4.69, 9.17) is 8.94 Å². The lowest BCUT2D eigenvalue weighted by molar-refractivity contribution is 0.423. The molecule has 1 aliphatic heterocycles. The van der Waals surface area contributed by atoms with Crippen molar-refractivity contribution in [2.45, 2.75) is 6.92 Å². The van der Waals surface area contributed by atoms with Crippen LogP contribution >= 0.6 is 8.03 Å². The molecule has 0 spiro atoms. The van der Waals surface area contributed by atoms with Crippen molar-refractivity contribution in [3.8, 4) is 11.3 Å². The summed E-state index contributed by atoms with van der Waals surface area (Å²) in [6.07, 6.45) is 0. The fourth-order valence-corrected chi connectivity index (χ4v) is 3.48. The molecule has 4 nitrogen and oxygen atoms in total. The van der Waals surface area contributed by atoms with Gasteiger partial charge in [-0.15, -0.1) is 4.52 Å². The predicted octanol–water partition coefficient (Wildman–Crippen LogP) is 2.89. The summed E-state index contributed by atoms with van der Waals surface area (Å²) in [5.41, 5.74) is 2.64. The van der Waals surface area contributed by atoms with Gasteiger partial charge in [0, 0.05) is 6.07 Å². The molecular formula is C17H18NO3P+2. The van der Waals surface area contributed by atoms with Crippen molar-refractivity contribution in [3.05, 3.63) is 47.3 Å². The number of nitrogens with zero attached hydrogens (tertiary/aromatic N) is 1. The summed E-state index contributed by atoms with van der Waals surface area (Å²) in [4.78, 5) is 0. The Labute approximate surface area is 129 Å². The lowest BCUT2D eigenvalue weighted by atomic mass is 10.1. The maximum atomic E-state index is 12.4. The van der Waals surface area contributed by atoms with Crippen LogP contribution in [0.15, 0.2) is 40.8 Å². The van der Waals surface area contributed by atoms with E-state index in [0.717, 1.165) is 27.5 Å². The first-order valence-corrected chi connectivity index (χ1v) is 8.18. The molecule has 0 saturated carbocycles. The molecule has 3 rings (SSSR count). The summed E-state index contributed by atoms with van der Waals surface area (Å²) in [6, 6.07) is 11.8. The summed E-state index contributed by atoms with van der Waals surface area (Å²) < 4.78 is 25.6. The van der Waals surface area contributed by atoms with Gasteiger partial charge in [-0.05, 0) is 35.3 Å². The number of hydrogen-bond acceptors (Lipinski definition) is 3. The fourth-order valence-electron chi connectivity index (χ4n) is 2.53. The Hall–Kier alpha value is -2.03. The molecule has 1 unspecified atom stereocenters. The van der Waals surface area contributed by atoms with Crippen LogP contribution in [-0.2, 0) is 9.09 Å². The Morgan fingerprint density at radius 3 is 2.59 bits per heavy atom. The SMILES string of the molecule is CO[P+](=O)c1c2ccc(=[N+](C)C)cc-2oc2cc(C)ccc12. The van der Waals surface area contributed by atoms with E-state index >= 15 is 0 Å². The Morgan fingerprint density at radius 2 is 1.91 bits per heavy atom. The van der Waals surface area contributed by atoms with Gasteiger partial charge in [0.25, 0.3) is 0 Å². The maximum Gasteiger partial charge on any atom is 0.550 e. The quantitative estimate of drug-likeness (QED) is 0.415. The number of aryl methyl sites for hydroxylation is 1. The molecular weight excluding hydrogens is 297 g/mol. The molecule has 0 radical (unpaired) electrons. The molecule has 0 amide bonds. The fraction of sp³-hybridized carbons (Fsp3) is 0.235. The molecule has 0 aromatic heterocycles. The molecule has 1 aromatic carbocycles. The van der Waals surface area contributed by atoms with Crippen LogP contribution in [0.4, 0.5) is 0 Å². The lowest BCUT2D eigenvalue weighted by Crippen LogP contribution is -2.22. The van der Waals surface area contributed by atoms with Gasteiger partial charge in [-0.3, -0.25) is 0 Å². The standard InChI is InChI=1S/C17H18NO3P/c1-11-5-7-13-15(9-11)21-16-10-12(18(2)3)6-8-14(16)17(13)22(19)20-4/h5-10H,1-4H3/q+2. The van der Waals surface area contributed by atoms with Crippen LogP contribution in [-0.4, -0.2) is 21.2 Å². The Kier molecular flexibility index (Phi) is 3.81.